The van der Waals surface area contributed by atoms with Crippen LogP contribution >= 0.6 is 0 Å². The van der Waals surface area contributed by atoms with Gasteiger partial charge in [-0.05, 0) is 50.3 Å². The number of para-hydroxylation sites is 1. The van der Waals surface area contributed by atoms with E-state index in [4.69, 9.17) is 9.72 Å². The van der Waals surface area contributed by atoms with Gasteiger partial charge in [0.25, 0.3) is 5.56 Å². The topological polar surface area (TPSA) is 47.4 Å². The monoisotopic (exact) mass is 341 g/mol. The molecule has 1 atom stereocenters. The van der Waals surface area contributed by atoms with Crippen LogP contribution in [0.15, 0.2) is 29.1 Å². The molecule has 4 rings (SSSR count). The fourth-order valence-electron chi connectivity index (χ4n) is 4.18. The lowest BCUT2D eigenvalue weighted by atomic mass is 9.85. The molecule has 5 nitrogen and oxygen atoms in total. The molecule has 2 aromatic rings. The van der Waals surface area contributed by atoms with E-state index < -0.39 is 0 Å². The molecule has 2 heterocycles. The Hall–Kier alpha value is -1.72. The number of benzene rings is 1. The largest absolute Gasteiger partial charge is 0.383 e. The Kier molecular flexibility index (Phi) is 4.86. The lowest BCUT2D eigenvalue weighted by Gasteiger charge is -2.33. The number of ether oxygens (including phenoxy) is 1. The molecule has 0 amide bonds. The van der Waals surface area contributed by atoms with Crippen LogP contribution < -0.4 is 5.56 Å². The number of likely N-dealkylation sites (tertiary alicyclic amines) is 1. The second-order valence-corrected chi connectivity index (χ2v) is 7.39. The molecule has 0 spiro atoms. The van der Waals surface area contributed by atoms with Gasteiger partial charge in [-0.3, -0.25) is 14.3 Å². The molecule has 2 fully saturated rings. The average molecular weight is 341 g/mol. The summed E-state index contributed by atoms with van der Waals surface area (Å²) >= 11 is 0. The summed E-state index contributed by atoms with van der Waals surface area (Å²) in [6.45, 7) is 3.37. The number of hydrogen-bond donors (Lipinski definition) is 0. The van der Waals surface area contributed by atoms with Crippen molar-refractivity contribution in [2.75, 3.05) is 26.8 Å². The van der Waals surface area contributed by atoms with Gasteiger partial charge in [-0.2, -0.15) is 0 Å². The summed E-state index contributed by atoms with van der Waals surface area (Å²) in [5, 5.41) is 0.700. The van der Waals surface area contributed by atoms with Crippen molar-refractivity contribution in [1.82, 2.24) is 14.5 Å². The minimum atomic E-state index is 0.0631. The second-order valence-electron chi connectivity index (χ2n) is 7.39. The van der Waals surface area contributed by atoms with Crippen molar-refractivity contribution in [1.29, 1.82) is 0 Å². The van der Waals surface area contributed by atoms with Gasteiger partial charge in [0.05, 0.1) is 30.1 Å². The van der Waals surface area contributed by atoms with Crippen molar-refractivity contribution in [3.63, 3.8) is 0 Å². The molecule has 1 unspecified atom stereocenters. The Labute approximate surface area is 148 Å². The van der Waals surface area contributed by atoms with E-state index in [1.165, 1.54) is 25.7 Å². The molecule has 134 valence electrons. The summed E-state index contributed by atoms with van der Waals surface area (Å²) in [5.74, 6) is 1.76. The van der Waals surface area contributed by atoms with E-state index >= 15 is 0 Å². The number of aromatic nitrogens is 2. The lowest BCUT2D eigenvalue weighted by Crippen LogP contribution is -2.36. The van der Waals surface area contributed by atoms with Gasteiger partial charge in [-0.1, -0.05) is 18.6 Å². The highest BCUT2D eigenvalue weighted by Crippen LogP contribution is 2.35. The van der Waals surface area contributed by atoms with Crippen LogP contribution in [0.25, 0.3) is 10.9 Å². The zero-order valence-electron chi connectivity index (χ0n) is 15.0. The van der Waals surface area contributed by atoms with Crippen LogP contribution in [0, 0.1) is 5.92 Å². The third-order valence-electron chi connectivity index (χ3n) is 5.79. The molecule has 0 bridgehead atoms. The zero-order valence-corrected chi connectivity index (χ0v) is 15.0. The molecule has 2 aliphatic rings. The van der Waals surface area contributed by atoms with E-state index in [2.05, 4.69) is 4.90 Å². The third-order valence-corrected chi connectivity index (χ3v) is 5.79. The van der Waals surface area contributed by atoms with Crippen LogP contribution in [0.5, 0.6) is 0 Å². The summed E-state index contributed by atoms with van der Waals surface area (Å²) < 4.78 is 7.10. The molecule has 5 heteroatoms. The number of methoxy groups -OCH3 is 1. The summed E-state index contributed by atoms with van der Waals surface area (Å²) in [7, 11) is 1.68. The van der Waals surface area contributed by atoms with E-state index in [-0.39, 0.29) is 11.6 Å². The maximum absolute atomic E-state index is 13.1. The number of fused-ring (bicyclic) bond motifs is 1. The quantitative estimate of drug-likeness (QED) is 0.810. The average Bonchev–Trinajstić information content (AvgIpc) is 3.05. The van der Waals surface area contributed by atoms with Gasteiger partial charge in [-0.25, -0.2) is 4.98 Å². The van der Waals surface area contributed by atoms with Crippen molar-refractivity contribution in [2.24, 2.45) is 5.92 Å². The van der Waals surface area contributed by atoms with Crippen molar-refractivity contribution in [3.8, 4) is 0 Å². The Morgan fingerprint density at radius 3 is 2.80 bits per heavy atom. The van der Waals surface area contributed by atoms with Crippen molar-refractivity contribution >= 4 is 10.9 Å². The standard InChI is InChI=1S/C20H27N3O2/c1-25-13-12-23-19(21-17-9-3-2-8-16(17)20(23)24)18-10-5-11-22(18)14-15-6-4-7-15/h2-3,8-9,15,18H,4-7,10-14H2,1H3. The summed E-state index contributed by atoms with van der Waals surface area (Å²) in [4.78, 5) is 20.6. The van der Waals surface area contributed by atoms with E-state index in [0.29, 0.717) is 18.5 Å². The zero-order chi connectivity index (χ0) is 17.2. The Morgan fingerprint density at radius 2 is 2.04 bits per heavy atom. The summed E-state index contributed by atoms with van der Waals surface area (Å²) in [6, 6.07) is 7.95. The SMILES string of the molecule is COCCn1c(C2CCCN2CC2CCC2)nc2ccccc2c1=O. The molecular weight excluding hydrogens is 314 g/mol. The van der Waals surface area contributed by atoms with Crippen molar-refractivity contribution in [2.45, 2.75) is 44.7 Å². The highest BCUT2D eigenvalue weighted by atomic mass is 16.5. The third kappa shape index (κ3) is 3.23. The molecule has 25 heavy (non-hydrogen) atoms. The van der Waals surface area contributed by atoms with Gasteiger partial charge in [0, 0.05) is 13.7 Å². The minimum absolute atomic E-state index is 0.0631. The van der Waals surface area contributed by atoms with Gasteiger partial charge in [0.2, 0.25) is 0 Å². The van der Waals surface area contributed by atoms with Crippen LogP contribution in [0.4, 0.5) is 0 Å². The molecule has 0 radical (unpaired) electrons. The van der Waals surface area contributed by atoms with E-state index in [0.717, 1.165) is 36.8 Å². The van der Waals surface area contributed by atoms with E-state index in [9.17, 15) is 4.79 Å². The van der Waals surface area contributed by atoms with Gasteiger partial charge in [0.15, 0.2) is 0 Å². The first kappa shape index (κ1) is 16.7. The Morgan fingerprint density at radius 1 is 1.20 bits per heavy atom. The Balaban J connectivity index is 1.74. The first-order chi connectivity index (χ1) is 12.3. The fraction of sp³-hybridized carbons (Fsp3) is 0.600. The maximum atomic E-state index is 13.1. The highest BCUT2D eigenvalue weighted by molar-refractivity contribution is 5.77. The molecule has 1 aromatic carbocycles. The van der Waals surface area contributed by atoms with E-state index in [1.54, 1.807) is 7.11 Å². The van der Waals surface area contributed by atoms with Crippen molar-refractivity contribution in [3.05, 3.63) is 40.4 Å². The number of hydrogen-bond acceptors (Lipinski definition) is 4. The molecule has 1 saturated heterocycles. The van der Waals surface area contributed by atoms with Crippen LogP contribution in [0.1, 0.15) is 44.0 Å². The fourth-order valence-corrected chi connectivity index (χ4v) is 4.18. The summed E-state index contributed by atoms with van der Waals surface area (Å²) in [5.41, 5.74) is 0.875. The predicted molar refractivity (Wildman–Crippen MR) is 98.8 cm³/mol. The Bertz CT molecular complexity index is 797. The molecule has 1 saturated carbocycles. The number of nitrogens with zero attached hydrogens (tertiary/aromatic N) is 3. The van der Waals surface area contributed by atoms with Gasteiger partial charge < -0.3 is 4.74 Å². The molecule has 1 aliphatic heterocycles. The summed E-state index contributed by atoms with van der Waals surface area (Å²) in [6.07, 6.45) is 6.35. The molecular formula is C20H27N3O2. The maximum Gasteiger partial charge on any atom is 0.261 e. The van der Waals surface area contributed by atoms with Crippen LogP contribution in [0.2, 0.25) is 0 Å². The molecule has 0 N–H and O–H groups in total. The molecule has 1 aromatic heterocycles. The van der Waals surface area contributed by atoms with E-state index in [1.807, 2.05) is 28.8 Å². The van der Waals surface area contributed by atoms with Gasteiger partial charge in [-0.15, -0.1) is 0 Å². The van der Waals surface area contributed by atoms with Crippen LogP contribution in [0.3, 0.4) is 0 Å². The first-order valence-electron chi connectivity index (χ1n) is 9.50. The second kappa shape index (κ2) is 7.26. The first-order valence-corrected chi connectivity index (χ1v) is 9.50. The van der Waals surface area contributed by atoms with Crippen LogP contribution in [-0.4, -0.2) is 41.3 Å². The van der Waals surface area contributed by atoms with Gasteiger partial charge in [0.1, 0.15) is 5.82 Å². The minimum Gasteiger partial charge on any atom is -0.383 e. The highest BCUT2D eigenvalue weighted by Gasteiger charge is 2.33. The number of rotatable bonds is 6. The lowest BCUT2D eigenvalue weighted by molar-refractivity contribution is 0.154. The predicted octanol–water partition coefficient (Wildman–Crippen LogP) is 2.98. The molecule has 1 aliphatic carbocycles. The van der Waals surface area contributed by atoms with Crippen LogP contribution in [-0.2, 0) is 11.3 Å². The smallest absolute Gasteiger partial charge is 0.261 e. The normalized spacial score (nSPS) is 21.7. The van der Waals surface area contributed by atoms with Gasteiger partial charge >= 0.3 is 0 Å². The van der Waals surface area contributed by atoms with Crippen molar-refractivity contribution < 1.29 is 4.74 Å².